The molecule has 3 N–H and O–H groups in total. The van der Waals surface area contributed by atoms with Gasteiger partial charge >= 0.3 is 0 Å². The fourth-order valence-electron chi connectivity index (χ4n) is 3.84. The Morgan fingerprint density at radius 1 is 0.931 bits per heavy atom. The zero-order chi connectivity index (χ0) is 20.1. The standard InChI is InChI=1S/C25H27N3O/c1-29-23-13-11-19(12-14-23)17-20-7-5-10-22(18-20)25(26,21-8-3-2-4-9-21)24-27-15-6-16-28-24/h2-5,7-14,18H,6,15-17,26H2,1H3,(H,27,28). The minimum absolute atomic E-state index is 0.794. The van der Waals surface area contributed by atoms with E-state index in [9.17, 15) is 0 Å². The van der Waals surface area contributed by atoms with E-state index in [1.807, 2.05) is 30.3 Å². The highest BCUT2D eigenvalue weighted by molar-refractivity contribution is 5.96. The van der Waals surface area contributed by atoms with Crippen molar-refractivity contribution >= 4 is 5.84 Å². The first-order valence-corrected chi connectivity index (χ1v) is 10.1. The predicted octanol–water partition coefficient (Wildman–Crippen LogP) is 3.88. The Hall–Kier alpha value is -3.11. The van der Waals surface area contributed by atoms with Gasteiger partial charge in [0.15, 0.2) is 0 Å². The summed E-state index contributed by atoms with van der Waals surface area (Å²) in [5, 5.41) is 3.45. The number of nitrogens with one attached hydrogen (secondary N) is 1. The van der Waals surface area contributed by atoms with Gasteiger partial charge in [0.2, 0.25) is 0 Å². The van der Waals surface area contributed by atoms with Gasteiger partial charge in [0.05, 0.1) is 7.11 Å². The van der Waals surface area contributed by atoms with Crippen molar-refractivity contribution in [3.8, 4) is 5.75 Å². The van der Waals surface area contributed by atoms with Crippen molar-refractivity contribution in [2.45, 2.75) is 18.4 Å². The average molecular weight is 386 g/mol. The monoisotopic (exact) mass is 385 g/mol. The summed E-state index contributed by atoms with van der Waals surface area (Å²) in [6.45, 7) is 1.70. The molecule has 1 atom stereocenters. The quantitative estimate of drug-likeness (QED) is 0.677. The Morgan fingerprint density at radius 2 is 1.69 bits per heavy atom. The van der Waals surface area contributed by atoms with Crippen LogP contribution in [-0.4, -0.2) is 26.0 Å². The van der Waals surface area contributed by atoms with E-state index in [0.29, 0.717) is 0 Å². The van der Waals surface area contributed by atoms with Crippen LogP contribution < -0.4 is 15.8 Å². The minimum atomic E-state index is -0.794. The fourth-order valence-corrected chi connectivity index (χ4v) is 3.84. The SMILES string of the molecule is COc1ccc(Cc2cccc(C(N)(C3=NCCCN3)c3ccccc3)c2)cc1. The van der Waals surface area contributed by atoms with Crippen LogP contribution in [-0.2, 0) is 12.0 Å². The number of benzene rings is 3. The van der Waals surface area contributed by atoms with Crippen molar-refractivity contribution < 1.29 is 4.74 Å². The maximum atomic E-state index is 7.11. The Bertz CT molecular complexity index is 982. The summed E-state index contributed by atoms with van der Waals surface area (Å²) in [6.07, 6.45) is 1.87. The zero-order valence-electron chi connectivity index (χ0n) is 16.8. The fraction of sp³-hybridized carbons (Fsp3) is 0.240. The molecular weight excluding hydrogens is 358 g/mol. The van der Waals surface area contributed by atoms with E-state index in [0.717, 1.165) is 48.6 Å². The highest BCUT2D eigenvalue weighted by atomic mass is 16.5. The third-order valence-corrected chi connectivity index (χ3v) is 5.45. The van der Waals surface area contributed by atoms with Crippen LogP contribution in [0.2, 0.25) is 0 Å². The second-order valence-electron chi connectivity index (χ2n) is 7.41. The van der Waals surface area contributed by atoms with Crippen LogP contribution in [0, 0.1) is 0 Å². The minimum Gasteiger partial charge on any atom is -0.497 e. The van der Waals surface area contributed by atoms with E-state index in [4.69, 9.17) is 15.5 Å². The molecule has 0 aliphatic carbocycles. The Morgan fingerprint density at radius 3 is 2.38 bits per heavy atom. The summed E-state index contributed by atoms with van der Waals surface area (Å²) < 4.78 is 5.26. The Labute approximate surface area is 172 Å². The molecule has 3 aromatic carbocycles. The number of ether oxygens (including phenoxy) is 1. The number of aliphatic imine (C=N–C) groups is 1. The third-order valence-electron chi connectivity index (χ3n) is 5.45. The van der Waals surface area contributed by atoms with Crippen LogP contribution in [0.4, 0.5) is 0 Å². The van der Waals surface area contributed by atoms with Gasteiger partial charge in [-0.25, -0.2) is 0 Å². The largest absolute Gasteiger partial charge is 0.497 e. The van der Waals surface area contributed by atoms with Gasteiger partial charge in [-0.05, 0) is 47.2 Å². The molecule has 1 heterocycles. The molecule has 0 saturated carbocycles. The molecular formula is C25H27N3O. The average Bonchev–Trinajstić information content (AvgIpc) is 2.80. The lowest BCUT2D eigenvalue weighted by molar-refractivity contribution is 0.414. The summed E-state index contributed by atoms with van der Waals surface area (Å²) in [4.78, 5) is 4.75. The molecule has 148 valence electrons. The first-order chi connectivity index (χ1) is 14.2. The van der Waals surface area contributed by atoms with Gasteiger partial charge in [-0.1, -0.05) is 66.7 Å². The molecule has 4 nitrogen and oxygen atoms in total. The molecule has 0 bridgehead atoms. The lowest BCUT2D eigenvalue weighted by Crippen LogP contribution is -2.53. The molecule has 4 heteroatoms. The van der Waals surface area contributed by atoms with Crippen molar-refractivity contribution in [1.29, 1.82) is 0 Å². The van der Waals surface area contributed by atoms with Crippen LogP contribution in [0.5, 0.6) is 5.75 Å². The number of amidine groups is 1. The number of hydrogen-bond acceptors (Lipinski definition) is 4. The molecule has 0 spiro atoms. The van der Waals surface area contributed by atoms with E-state index in [1.54, 1.807) is 7.11 Å². The first kappa shape index (κ1) is 19.2. The van der Waals surface area contributed by atoms with Crippen molar-refractivity contribution in [2.75, 3.05) is 20.2 Å². The lowest BCUT2D eigenvalue weighted by atomic mass is 9.81. The van der Waals surface area contributed by atoms with Crippen LogP contribution in [0.3, 0.4) is 0 Å². The number of nitrogens with zero attached hydrogens (tertiary/aromatic N) is 1. The maximum Gasteiger partial charge on any atom is 0.126 e. The van der Waals surface area contributed by atoms with Crippen LogP contribution in [0.25, 0.3) is 0 Å². The molecule has 29 heavy (non-hydrogen) atoms. The molecule has 0 fully saturated rings. The highest BCUT2D eigenvalue weighted by Crippen LogP contribution is 2.30. The normalized spacial score (nSPS) is 15.7. The van der Waals surface area contributed by atoms with E-state index in [1.165, 1.54) is 11.1 Å². The van der Waals surface area contributed by atoms with Gasteiger partial charge in [-0.3, -0.25) is 4.99 Å². The smallest absolute Gasteiger partial charge is 0.126 e. The van der Waals surface area contributed by atoms with Gasteiger partial charge in [0, 0.05) is 13.1 Å². The molecule has 0 radical (unpaired) electrons. The van der Waals surface area contributed by atoms with Crippen molar-refractivity contribution in [1.82, 2.24) is 5.32 Å². The Balaban J connectivity index is 1.71. The molecule has 1 unspecified atom stereocenters. The number of rotatable bonds is 6. The summed E-state index contributed by atoms with van der Waals surface area (Å²) in [5.74, 6) is 1.71. The lowest BCUT2D eigenvalue weighted by Gasteiger charge is -2.34. The van der Waals surface area contributed by atoms with Crippen LogP contribution >= 0.6 is 0 Å². The number of methoxy groups -OCH3 is 1. The third kappa shape index (κ3) is 4.03. The molecule has 1 aliphatic rings. The number of nitrogens with two attached hydrogens (primary N) is 1. The summed E-state index contributed by atoms with van der Waals surface area (Å²) in [6, 6.07) is 27.0. The van der Waals surface area contributed by atoms with Crippen molar-refractivity contribution in [2.24, 2.45) is 10.7 Å². The summed E-state index contributed by atoms with van der Waals surface area (Å²) in [5.41, 5.74) is 10.8. The van der Waals surface area contributed by atoms with Crippen molar-refractivity contribution in [3.63, 3.8) is 0 Å². The molecule has 4 rings (SSSR count). The highest BCUT2D eigenvalue weighted by Gasteiger charge is 2.36. The van der Waals surface area contributed by atoms with Gasteiger partial charge < -0.3 is 15.8 Å². The maximum absolute atomic E-state index is 7.11. The van der Waals surface area contributed by atoms with E-state index in [2.05, 4.69) is 53.8 Å². The van der Waals surface area contributed by atoms with E-state index in [-0.39, 0.29) is 0 Å². The molecule has 3 aromatic rings. The van der Waals surface area contributed by atoms with Gasteiger partial charge in [0.1, 0.15) is 17.1 Å². The van der Waals surface area contributed by atoms with Gasteiger partial charge in [-0.2, -0.15) is 0 Å². The van der Waals surface area contributed by atoms with Gasteiger partial charge in [0.25, 0.3) is 0 Å². The van der Waals surface area contributed by atoms with Crippen molar-refractivity contribution in [3.05, 3.63) is 101 Å². The molecule has 0 saturated heterocycles. The van der Waals surface area contributed by atoms with Crippen LogP contribution in [0.15, 0.2) is 83.9 Å². The molecule has 1 aliphatic heterocycles. The summed E-state index contributed by atoms with van der Waals surface area (Å²) in [7, 11) is 1.69. The second kappa shape index (κ2) is 8.50. The first-order valence-electron chi connectivity index (χ1n) is 10.1. The van der Waals surface area contributed by atoms with E-state index < -0.39 is 5.54 Å². The molecule has 0 amide bonds. The molecule has 0 aromatic heterocycles. The van der Waals surface area contributed by atoms with E-state index >= 15 is 0 Å². The van der Waals surface area contributed by atoms with Gasteiger partial charge in [-0.15, -0.1) is 0 Å². The Kier molecular flexibility index (Phi) is 5.63. The predicted molar refractivity (Wildman–Crippen MR) is 119 cm³/mol. The van der Waals surface area contributed by atoms with Crippen LogP contribution in [0.1, 0.15) is 28.7 Å². The number of hydrogen-bond donors (Lipinski definition) is 2. The second-order valence-corrected chi connectivity index (χ2v) is 7.41. The topological polar surface area (TPSA) is 59.6 Å². The summed E-state index contributed by atoms with van der Waals surface area (Å²) >= 11 is 0. The zero-order valence-corrected chi connectivity index (χ0v) is 16.8.